The van der Waals surface area contributed by atoms with Crippen LogP contribution in [0.5, 0.6) is 5.75 Å². The second-order valence-electron chi connectivity index (χ2n) is 4.62. The SMILES string of the molecule is COC(=O)C(C)(C)COc1ccc(CN)c(F)c1. The molecule has 0 aliphatic heterocycles. The van der Waals surface area contributed by atoms with Gasteiger partial charge in [0, 0.05) is 18.2 Å². The zero-order chi connectivity index (χ0) is 13.8. The van der Waals surface area contributed by atoms with Crippen LogP contribution in [0.1, 0.15) is 19.4 Å². The van der Waals surface area contributed by atoms with Crippen LogP contribution in [0, 0.1) is 11.2 Å². The third-order valence-electron chi connectivity index (χ3n) is 2.58. The van der Waals surface area contributed by atoms with E-state index >= 15 is 0 Å². The highest BCUT2D eigenvalue weighted by atomic mass is 19.1. The Labute approximate surface area is 106 Å². The lowest BCUT2D eigenvalue weighted by Gasteiger charge is -2.21. The van der Waals surface area contributed by atoms with Gasteiger partial charge in [0.2, 0.25) is 0 Å². The normalized spacial score (nSPS) is 11.2. The van der Waals surface area contributed by atoms with Gasteiger partial charge in [-0.1, -0.05) is 6.07 Å². The number of nitrogens with two attached hydrogens (primary N) is 1. The fraction of sp³-hybridized carbons (Fsp3) is 0.462. The molecule has 4 nitrogen and oxygen atoms in total. The molecule has 0 atom stereocenters. The van der Waals surface area contributed by atoms with Crippen molar-refractivity contribution in [3.8, 4) is 5.75 Å². The average Bonchev–Trinajstić information content (AvgIpc) is 2.35. The number of carbonyl (C=O) groups excluding carboxylic acids is 1. The average molecular weight is 255 g/mol. The molecule has 5 heteroatoms. The molecule has 1 rings (SSSR count). The summed E-state index contributed by atoms with van der Waals surface area (Å²) < 4.78 is 23.5. The summed E-state index contributed by atoms with van der Waals surface area (Å²) in [6, 6.07) is 4.45. The summed E-state index contributed by atoms with van der Waals surface area (Å²) in [6.45, 7) is 3.65. The molecule has 0 aromatic heterocycles. The number of esters is 1. The molecule has 0 radical (unpaired) electrons. The fourth-order valence-electron chi connectivity index (χ4n) is 1.38. The molecule has 100 valence electrons. The highest BCUT2D eigenvalue weighted by Gasteiger charge is 2.29. The summed E-state index contributed by atoms with van der Waals surface area (Å²) in [5, 5.41) is 0. The smallest absolute Gasteiger partial charge is 0.314 e. The van der Waals surface area contributed by atoms with Gasteiger partial charge in [-0.3, -0.25) is 4.79 Å². The maximum absolute atomic E-state index is 13.4. The Kier molecular flexibility index (Phi) is 4.67. The topological polar surface area (TPSA) is 61.5 Å². The lowest BCUT2D eigenvalue weighted by atomic mass is 9.95. The molecule has 0 spiro atoms. The van der Waals surface area contributed by atoms with Gasteiger partial charge < -0.3 is 15.2 Å². The van der Waals surface area contributed by atoms with Gasteiger partial charge in [-0.2, -0.15) is 0 Å². The first kappa shape index (κ1) is 14.4. The minimum Gasteiger partial charge on any atom is -0.492 e. The number of halogens is 1. The predicted molar refractivity (Wildman–Crippen MR) is 65.6 cm³/mol. The maximum atomic E-state index is 13.4. The van der Waals surface area contributed by atoms with Crippen LogP contribution in [0.2, 0.25) is 0 Å². The van der Waals surface area contributed by atoms with Crippen molar-refractivity contribution in [3.05, 3.63) is 29.6 Å². The number of benzene rings is 1. The molecule has 0 unspecified atom stereocenters. The number of hydrogen-bond acceptors (Lipinski definition) is 4. The van der Waals surface area contributed by atoms with Gasteiger partial charge in [0.1, 0.15) is 18.2 Å². The Balaban J connectivity index is 2.69. The Hall–Kier alpha value is -1.62. The van der Waals surface area contributed by atoms with E-state index in [1.165, 1.54) is 13.2 Å². The van der Waals surface area contributed by atoms with Crippen LogP contribution >= 0.6 is 0 Å². The molecular weight excluding hydrogens is 237 g/mol. The molecule has 0 saturated heterocycles. The van der Waals surface area contributed by atoms with Crippen LogP contribution in [-0.4, -0.2) is 19.7 Å². The van der Waals surface area contributed by atoms with Gasteiger partial charge in [0.05, 0.1) is 12.5 Å². The predicted octanol–water partition coefficient (Wildman–Crippen LogP) is 1.86. The molecular formula is C13H18FNO3. The molecule has 0 fully saturated rings. The van der Waals surface area contributed by atoms with E-state index in [1.54, 1.807) is 26.0 Å². The van der Waals surface area contributed by atoms with Crippen LogP contribution < -0.4 is 10.5 Å². The summed E-state index contributed by atoms with van der Waals surface area (Å²) in [7, 11) is 1.32. The second kappa shape index (κ2) is 5.82. The van der Waals surface area contributed by atoms with E-state index in [9.17, 15) is 9.18 Å². The monoisotopic (exact) mass is 255 g/mol. The van der Waals surface area contributed by atoms with Gasteiger partial charge in [-0.05, 0) is 19.9 Å². The van der Waals surface area contributed by atoms with E-state index in [0.29, 0.717) is 11.3 Å². The van der Waals surface area contributed by atoms with E-state index < -0.39 is 11.2 Å². The van der Waals surface area contributed by atoms with Crippen molar-refractivity contribution in [2.24, 2.45) is 11.1 Å². The van der Waals surface area contributed by atoms with Crippen molar-refractivity contribution < 1.29 is 18.7 Å². The summed E-state index contributed by atoms with van der Waals surface area (Å²) in [5.74, 6) is -0.422. The lowest BCUT2D eigenvalue weighted by molar-refractivity contribution is -0.152. The van der Waals surface area contributed by atoms with Gasteiger partial charge in [-0.15, -0.1) is 0 Å². The van der Waals surface area contributed by atoms with Gasteiger partial charge in [0.15, 0.2) is 0 Å². The fourth-order valence-corrected chi connectivity index (χ4v) is 1.38. The maximum Gasteiger partial charge on any atom is 0.314 e. The first-order valence-corrected chi connectivity index (χ1v) is 5.60. The summed E-state index contributed by atoms with van der Waals surface area (Å²) in [6.07, 6.45) is 0. The quantitative estimate of drug-likeness (QED) is 0.816. The van der Waals surface area contributed by atoms with E-state index in [1.807, 2.05) is 0 Å². The number of hydrogen-bond donors (Lipinski definition) is 1. The molecule has 2 N–H and O–H groups in total. The number of ether oxygens (including phenoxy) is 2. The molecule has 0 amide bonds. The molecule has 0 saturated carbocycles. The minimum atomic E-state index is -0.780. The van der Waals surface area contributed by atoms with Crippen LogP contribution in [0.4, 0.5) is 4.39 Å². The third-order valence-corrected chi connectivity index (χ3v) is 2.58. The molecule has 0 aliphatic rings. The van der Waals surface area contributed by atoms with Crippen LogP contribution in [0.3, 0.4) is 0 Å². The lowest BCUT2D eigenvalue weighted by Crippen LogP contribution is -2.32. The molecule has 0 aliphatic carbocycles. The molecule has 1 aromatic rings. The molecule has 0 heterocycles. The van der Waals surface area contributed by atoms with Gasteiger partial charge in [0.25, 0.3) is 0 Å². The summed E-state index contributed by atoms with van der Waals surface area (Å²) >= 11 is 0. The van der Waals surface area contributed by atoms with Crippen molar-refractivity contribution in [3.63, 3.8) is 0 Å². The zero-order valence-electron chi connectivity index (χ0n) is 10.8. The van der Waals surface area contributed by atoms with E-state index in [-0.39, 0.29) is 19.1 Å². The number of rotatable bonds is 5. The van der Waals surface area contributed by atoms with E-state index in [2.05, 4.69) is 4.74 Å². The highest BCUT2D eigenvalue weighted by molar-refractivity contribution is 5.75. The summed E-state index contributed by atoms with van der Waals surface area (Å²) in [5.41, 5.74) is 5.01. The summed E-state index contributed by atoms with van der Waals surface area (Å²) in [4.78, 5) is 11.4. The molecule has 18 heavy (non-hydrogen) atoms. The Bertz CT molecular complexity index is 432. The molecule has 0 bridgehead atoms. The van der Waals surface area contributed by atoms with Crippen LogP contribution in [-0.2, 0) is 16.1 Å². The Morgan fingerprint density at radius 3 is 2.61 bits per heavy atom. The van der Waals surface area contributed by atoms with Crippen molar-refractivity contribution >= 4 is 5.97 Å². The van der Waals surface area contributed by atoms with Crippen molar-refractivity contribution in [1.82, 2.24) is 0 Å². The first-order valence-electron chi connectivity index (χ1n) is 5.60. The minimum absolute atomic E-state index is 0.112. The highest BCUT2D eigenvalue weighted by Crippen LogP contribution is 2.21. The van der Waals surface area contributed by atoms with Crippen LogP contribution in [0.15, 0.2) is 18.2 Å². The van der Waals surface area contributed by atoms with Gasteiger partial charge >= 0.3 is 5.97 Å². The van der Waals surface area contributed by atoms with E-state index in [4.69, 9.17) is 10.5 Å². The second-order valence-corrected chi connectivity index (χ2v) is 4.62. The Morgan fingerprint density at radius 1 is 1.44 bits per heavy atom. The number of methoxy groups -OCH3 is 1. The van der Waals surface area contributed by atoms with E-state index in [0.717, 1.165) is 0 Å². The largest absolute Gasteiger partial charge is 0.492 e. The van der Waals surface area contributed by atoms with Crippen molar-refractivity contribution in [2.45, 2.75) is 20.4 Å². The zero-order valence-corrected chi connectivity index (χ0v) is 10.8. The Morgan fingerprint density at radius 2 is 2.11 bits per heavy atom. The van der Waals surface area contributed by atoms with Crippen molar-refractivity contribution in [1.29, 1.82) is 0 Å². The molecule has 1 aromatic carbocycles. The van der Waals surface area contributed by atoms with Crippen LogP contribution in [0.25, 0.3) is 0 Å². The van der Waals surface area contributed by atoms with Crippen molar-refractivity contribution in [2.75, 3.05) is 13.7 Å². The van der Waals surface area contributed by atoms with Gasteiger partial charge in [-0.25, -0.2) is 4.39 Å². The standard InChI is InChI=1S/C13H18FNO3/c1-13(2,12(16)17-3)8-18-10-5-4-9(7-15)11(14)6-10/h4-6H,7-8,15H2,1-3H3. The number of carbonyl (C=O) groups is 1. The third kappa shape index (κ3) is 3.43. The first-order chi connectivity index (χ1) is 8.40.